The van der Waals surface area contributed by atoms with Crippen molar-refractivity contribution in [2.24, 2.45) is 33.7 Å². The van der Waals surface area contributed by atoms with Gasteiger partial charge in [-0.2, -0.15) is 0 Å². The number of hydrogen-bond donors (Lipinski definition) is 0. The zero-order valence-corrected chi connectivity index (χ0v) is 43.7. The van der Waals surface area contributed by atoms with Gasteiger partial charge in [0.1, 0.15) is 0 Å². The second kappa shape index (κ2) is 18.3. The van der Waals surface area contributed by atoms with Gasteiger partial charge in [-0.05, 0) is 0 Å². The van der Waals surface area contributed by atoms with Crippen molar-refractivity contribution >= 4 is 87.7 Å². The van der Waals surface area contributed by atoms with Crippen LogP contribution in [0.2, 0.25) is 78.6 Å². The summed E-state index contributed by atoms with van der Waals surface area (Å²) < 4.78 is 11.9. The van der Waals surface area contributed by atoms with Gasteiger partial charge >= 0.3 is 316 Å². The molecular weight excluding hydrogens is 842 g/mol. The Labute approximate surface area is 313 Å². The molecule has 0 unspecified atom stereocenters. The Morgan fingerprint density at radius 3 is 0.935 bits per heavy atom. The van der Waals surface area contributed by atoms with Crippen molar-refractivity contribution in [2.45, 2.75) is 134 Å². The molecular formula is C34H74N6Si4Sn2. The summed E-state index contributed by atoms with van der Waals surface area (Å²) in [6.45, 7) is 53.5. The number of rotatable bonds is 18. The van der Waals surface area contributed by atoms with Crippen LogP contribution in [0.15, 0.2) is 33.5 Å². The standard InChI is InChI=1S/C22H38N4.2C6H18NSi2.2Sn/c1-15(2)11-23-19-9-21(25-13-17(5)6)22(26-14-18(7)8)10-20(19)24-12-16(3)4;2*1-8(2,3)7-9(4,5)6;;/h9-10,15-18H,11-14H2,1-8H3;2*1-6H3;;/q-2;2*-1;2*+2. The Hall–Kier alpha value is 0.805. The predicted molar refractivity (Wildman–Crippen MR) is 222 cm³/mol. The van der Waals surface area contributed by atoms with Gasteiger partial charge in [-0.25, -0.2) is 0 Å². The van der Waals surface area contributed by atoms with E-state index in [0.29, 0.717) is 23.7 Å². The topological polar surface area (TPSA) is 37.7 Å². The van der Waals surface area contributed by atoms with Crippen LogP contribution in [-0.4, -0.2) is 125 Å². The van der Waals surface area contributed by atoms with Crippen LogP contribution in [0.4, 0.5) is 0 Å². The average Bonchev–Trinajstić information content (AvgIpc) is 2.82. The summed E-state index contributed by atoms with van der Waals surface area (Å²) in [6.07, 6.45) is 5.01. The van der Waals surface area contributed by atoms with Crippen molar-refractivity contribution in [3.05, 3.63) is 23.5 Å². The molecule has 0 aromatic rings. The maximum absolute atomic E-state index is 5.44. The van der Waals surface area contributed by atoms with E-state index in [-0.39, 0.29) is 0 Å². The van der Waals surface area contributed by atoms with Gasteiger partial charge in [-0.3, -0.25) is 0 Å². The van der Waals surface area contributed by atoms with Crippen LogP contribution in [0.5, 0.6) is 0 Å². The maximum atomic E-state index is 5.44. The minimum absolute atomic E-state index is 0.526. The number of nitrogens with zero attached hydrogens (tertiary/aromatic N) is 6. The van der Waals surface area contributed by atoms with Crippen molar-refractivity contribution in [2.75, 3.05) is 26.2 Å². The molecule has 0 N–H and O–H groups in total. The predicted octanol–water partition coefficient (Wildman–Crippen LogP) is 8.89. The molecule has 1 aliphatic carbocycles. The normalized spacial score (nSPS) is 17.4. The first-order chi connectivity index (χ1) is 20.6. The summed E-state index contributed by atoms with van der Waals surface area (Å²) in [6, 6.07) is 0. The first-order valence-corrected chi connectivity index (χ1v) is 36.7. The van der Waals surface area contributed by atoms with Crippen molar-refractivity contribution in [1.82, 2.24) is 11.1 Å². The average molecular weight is 917 g/mol. The molecule has 12 heteroatoms. The van der Waals surface area contributed by atoms with Crippen LogP contribution in [0.1, 0.15) is 55.4 Å². The molecule has 0 saturated carbocycles. The van der Waals surface area contributed by atoms with Crippen molar-refractivity contribution in [3.63, 3.8) is 0 Å². The summed E-state index contributed by atoms with van der Waals surface area (Å²) >= 11 is -2.22. The third-order valence-electron chi connectivity index (χ3n) is 7.13. The number of allylic oxidation sites excluding steroid dienone is 2. The van der Waals surface area contributed by atoms with E-state index in [2.05, 4.69) is 157 Å². The van der Waals surface area contributed by atoms with E-state index in [1.807, 2.05) is 0 Å². The first-order valence-electron chi connectivity index (χ1n) is 17.9. The zero-order chi connectivity index (χ0) is 36.0. The van der Waals surface area contributed by atoms with Crippen LogP contribution in [0.3, 0.4) is 0 Å². The molecule has 0 aromatic carbocycles. The first kappa shape index (κ1) is 44.8. The molecule has 6 nitrogen and oxygen atoms in total. The quantitative estimate of drug-likeness (QED) is 0.102. The number of aliphatic imine (C=N–C) groups is 2. The van der Waals surface area contributed by atoms with E-state index in [0.717, 1.165) is 26.2 Å². The Morgan fingerprint density at radius 2 is 0.739 bits per heavy atom. The molecule has 0 atom stereocenters. The molecule has 0 heterocycles. The molecule has 0 aromatic heterocycles. The van der Waals surface area contributed by atoms with Crippen molar-refractivity contribution in [1.29, 1.82) is 0 Å². The zero-order valence-electron chi connectivity index (χ0n) is 34.0. The Balaban J connectivity index is 4.07. The summed E-state index contributed by atoms with van der Waals surface area (Å²) in [7, 11) is -5.97. The molecule has 1 rings (SSSR count). The molecule has 0 aliphatic heterocycles. The molecule has 0 spiro atoms. The van der Waals surface area contributed by atoms with Crippen LogP contribution < -0.4 is 0 Å². The fourth-order valence-corrected chi connectivity index (χ4v) is 42.2. The van der Waals surface area contributed by atoms with E-state index in [1.165, 1.54) is 22.8 Å². The molecule has 0 fully saturated rings. The van der Waals surface area contributed by atoms with Gasteiger partial charge in [0.15, 0.2) is 0 Å². The summed E-state index contributed by atoms with van der Waals surface area (Å²) in [5.41, 5.74) is 5.13. The van der Waals surface area contributed by atoms with E-state index < -0.39 is 76.3 Å². The van der Waals surface area contributed by atoms with Crippen molar-refractivity contribution < 1.29 is 0 Å². The van der Waals surface area contributed by atoms with Crippen LogP contribution in [-0.2, 0) is 0 Å². The van der Waals surface area contributed by atoms with E-state index >= 15 is 0 Å². The van der Waals surface area contributed by atoms with Gasteiger partial charge in [0.05, 0.1) is 0 Å². The van der Waals surface area contributed by atoms with Crippen LogP contribution >= 0.6 is 0 Å². The van der Waals surface area contributed by atoms with E-state index in [9.17, 15) is 0 Å². The minimum atomic E-state index is -1.49. The van der Waals surface area contributed by atoms with Gasteiger partial charge in [-0.15, -0.1) is 0 Å². The fraction of sp³-hybridized carbons (Fsp3) is 0.824. The molecule has 1 aliphatic rings. The molecule has 0 amide bonds. The SMILES string of the molecule is CC(C)CN=C1C=C([N](CC(C)C)[Sn][N]([Si](C)(C)C)[Si](C)(C)C)C(=NCC(C)C)C=C1[N](CC(C)C)[Sn][N]([Si](C)(C)C)[Si](C)(C)C. The summed E-state index contributed by atoms with van der Waals surface area (Å²) in [5.74, 6) is 2.23. The Bertz CT molecular complexity index is 977. The van der Waals surface area contributed by atoms with Crippen LogP contribution in [0.25, 0.3) is 0 Å². The second-order valence-electron chi connectivity index (χ2n) is 18.9. The van der Waals surface area contributed by atoms with Crippen LogP contribution in [0, 0.1) is 23.7 Å². The van der Waals surface area contributed by atoms with Gasteiger partial charge in [0.25, 0.3) is 0 Å². The summed E-state index contributed by atoms with van der Waals surface area (Å²) in [5, 5.41) is 0. The fourth-order valence-electron chi connectivity index (χ4n) is 5.77. The number of hydrogen-bond acceptors (Lipinski definition) is 6. The third-order valence-corrected chi connectivity index (χ3v) is 51.1. The van der Waals surface area contributed by atoms with Gasteiger partial charge in [0, 0.05) is 0 Å². The third kappa shape index (κ3) is 15.4. The second-order valence-corrected chi connectivity index (χ2v) is 50.8. The van der Waals surface area contributed by atoms with Gasteiger partial charge in [-0.1, -0.05) is 0 Å². The molecule has 0 saturated heterocycles. The molecule has 264 valence electrons. The van der Waals surface area contributed by atoms with Gasteiger partial charge in [0.2, 0.25) is 0 Å². The monoisotopic (exact) mass is 918 g/mol. The van der Waals surface area contributed by atoms with Crippen molar-refractivity contribution in [3.8, 4) is 0 Å². The van der Waals surface area contributed by atoms with Gasteiger partial charge < -0.3 is 0 Å². The Kier molecular flexibility index (Phi) is 17.9. The van der Waals surface area contributed by atoms with E-state index in [4.69, 9.17) is 9.98 Å². The molecule has 46 heavy (non-hydrogen) atoms. The Morgan fingerprint density at radius 1 is 0.478 bits per heavy atom. The summed E-state index contributed by atoms with van der Waals surface area (Å²) in [4.78, 5) is 10.9. The molecule has 0 bridgehead atoms. The molecule has 4 radical (unpaired) electrons. The van der Waals surface area contributed by atoms with E-state index in [1.54, 1.807) is 0 Å².